The Morgan fingerprint density at radius 2 is 1.62 bits per heavy atom. The third-order valence-electron chi connectivity index (χ3n) is 5.21. The van der Waals surface area contributed by atoms with Crippen molar-refractivity contribution < 1.29 is 5.11 Å². The SMILES string of the molecule is Cn1c(-c2ccccc2N=Cc2c(O)ccc3ccccc23)nc2ccccc21. The van der Waals surface area contributed by atoms with E-state index < -0.39 is 0 Å². The second kappa shape index (κ2) is 6.91. The van der Waals surface area contributed by atoms with E-state index in [9.17, 15) is 5.11 Å². The van der Waals surface area contributed by atoms with Gasteiger partial charge in [-0.25, -0.2) is 4.98 Å². The van der Waals surface area contributed by atoms with E-state index in [0.717, 1.165) is 38.9 Å². The molecule has 0 atom stereocenters. The molecule has 1 heterocycles. The molecule has 1 aromatic heterocycles. The normalized spacial score (nSPS) is 11.6. The number of rotatable bonds is 3. The van der Waals surface area contributed by atoms with Gasteiger partial charge in [-0.1, -0.05) is 54.6 Å². The first-order chi connectivity index (χ1) is 14.2. The molecule has 0 saturated carbocycles. The summed E-state index contributed by atoms with van der Waals surface area (Å²) in [5.74, 6) is 1.08. The lowest BCUT2D eigenvalue weighted by Gasteiger charge is -2.07. The highest BCUT2D eigenvalue weighted by molar-refractivity contribution is 6.03. The summed E-state index contributed by atoms with van der Waals surface area (Å²) >= 11 is 0. The highest BCUT2D eigenvalue weighted by Gasteiger charge is 2.13. The molecule has 4 nitrogen and oxygen atoms in total. The van der Waals surface area contributed by atoms with Crippen LogP contribution in [0.5, 0.6) is 5.75 Å². The Bertz CT molecular complexity index is 1380. The van der Waals surface area contributed by atoms with Crippen molar-refractivity contribution in [2.24, 2.45) is 12.0 Å². The van der Waals surface area contributed by atoms with Crippen molar-refractivity contribution in [1.29, 1.82) is 0 Å². The van der Waals surface area contributed by atoms with Crippen LogP contribution in [0.3, 0.4) is 0 Å². The van der Waals surface area contributed by atoms with Crippen LogP contribution in [-0.4, -0.2) is 20.9 Å². The predicted molar refractivity (Wildman–Crippen MR) is 119 cm³/mol. The van der Waals surface area contributed by atoms with Gasteiger partial charge in [-0.3, -0.25) is 4.99 Å². The summed E-state index contributed by atoms with van der Waals surface area (Å²) in [5, 5.41) is 12.4. The average molecular weight is 377 g/mol. The van der Waals surface area contributed by atoms with Crippen LogP contribution in [0.25, 0.3) is 33.2 Å². The number of aliphatic imine (C=N–C) groups is 1. The Labute approximate surface area is 168 Å². The number of aryl methyl sites for hydroxylation is 1. The van der Waals surface area contributed by atoms with E-state index in [1.807, 2.05) is 79.8 Å². The van der Waals surface area contributed by atoms with E-state index in [0.29, 0.717) is 5.56 Å². The van der Waals surface area contributed by atoms with Crippen molar-refractivity contribution in [2.45, 2.75) is 0 Å². The summed E-state index contributed by atoms with van der Waals surface area (Å²) in [7, 11) is 2.02. The molecule has 29 heavy (non-hydrogen) atoms. The minimum absolute atomic E-state index is 0.215. The molecule has 0 aliphatic carbocycles. The summed E-state index contributed by atoms with van der Waals surface area (Å²) in [6, 6.07) is 27.6. The van der Waals surface area contributed by atoms with Gasteiger partial charge in [0, 0.05) is 24.4 Å². The summed E-state index contributed by atoms with van der Waals surface area (Å²) in [6.45, 7) is 0. The van der Waals surface area contributed by atoms with E-state index in [1.165, 1.54) is 0 Å². The quantitative estimate of drug-likeness (QED) is 0.401. The first-order valence-electron chi connectivity index (χ1n) is 9.48. The molecule has 0 aliphatic rings. The van der Waals surface area contributed by atoms with E-state index in [1.54, 1.807) is 12.3 Å². The van der Waals surface area contributed by atoms with E-state index >= 15 is 0 Å². The third-order valence-corrected chi connectivity index (χ3v) is 5.21. The lowest BCUT2D eigenvalue weighted by molar-refractivity contribution is 0.475. The smallest absolute Gasteiger partial charge is 0.143 e. The fourth-order valence-corrected chi connectivity index (χ4v) is 3.72. The van der Waals surface area contributed by atoms with Crippen LogP contribution < -0.4 is 0 Å². The molecule has 1 N–H and O–H groups in total. The molecule has 140 valence electrons. The number of imidazole rings is 1. The van der Waals surface area contributed by atoms with Gasteiger partial charge in [0.2, 0.25) is 0 Å². The molecule has 5 rings (SSSR count). The predicted octanol–water partition coefficient (Wildman–Crippen LogP) is 5.85. The minimum atomic E-state index is 0.215. The number of hydrogen-bond acceptors (Lipinski definition) is 3. The van der Waals surface area contributed by atoms with Crippen molar-refractivity contribution in [2.75, 3.05) is 0 Å². The Balaban J connectivity index is 1.64. The van der Waals surface area contributed by atoms with Crippen LogP contribution in [-0.2, 0) is 7.05 Å². The van der Waals surface area contributed by atoms with Crippen LogP contribution in [0.2, 0.25) is 0 Å². The van der Waals surface area contributed by atoms with E-state index in [2.05, 4.69) is 10.6 Å². The Morgan fingerprint density at radius 3 is 2.52 bits per heavy atom. The molecule has 0 saturated heterocycles. The standard InChI is InChI=1S/C25H19N3O/c1-28-23-13-7-6-12-22(23)27-25(28)19-10-4-5-11-21(19)26-16-20-18-9-3-2-8-17(18)14-15-24(20)29/h2-16,29H,1H3. The average Bonchev–Trinajstić information content (AvgIpc) is 3.10. The summed E-state index contributed by atoms with van der Waals surface area (Å²) in [4.78, 5) is 9.54. The molecule has 5 aromatic rings. The summed E-state index contributed by atoms with van der Waals surface area (Å²) in [5.41, 5.74) is 4.49. The molecule has 0 radical (unpaired) electrons. The molecule has 0 amide bonds. The van der Waals surface area contributed by atoms with Gasteiger partial charge in [0.05, 0.1) is 16.7 Å². The van der Waals surface area contributed by atoms with Crippen LogP contribution >= 0.6 is 0 Å². The number of hydrogen-bond donors (Lipinski definition) is 1. The molecule has 0 fully saturated rings. The van der Waals surface area contributed by atoms with Crippen molar-refractivity contribution in [1.82, 2.24) is 9.55 Å². The fraction of sp³-hybridized carbons (Fsp3) is 0.0400. The maximum Gasteiger partial charge on any atom is 0.143 e. The van der Waals surface area contributed by atoms with Gasteiger partial charge in [0.25, 0.3) is 0 Å². The maximum absolute atomic E-state index is 10.4. The number of fused-ring (bicyclic) bond motifs is 2. The molecule has 0 aliphatic heterocycles. The molecule has 0 bridgehead atoms. The van der Waals surface area contributed by atoms with E-state index in [-0.39, 0.29) is 5.75 Å². The van der Waals surface area contributed by atoms with Gasteiger partial charge in [-0.05, 0) is 41.1 Å². The minimum Gasteiger partial charge on any atom is -0.507 e. The molecule has 0 unspecified atom stereocenters. The Hall–Kier alpha value is -3.92. The first kappa shape index (κ1) is 17.2. The third kappa shape index (κ3) is 2.95. The monoisotopic (exact) mass is 377 g/mol. The van der Waals surface area contributed by atoms with Gasteiger partial charge >= 0.3 is 0 Å². The van der Waals surface area contributed by atoms with Crippen molar-refractivity contribution in [3.8, 4) is 17.1 Å². The zero-order chi connectivity index (χ0) is 19.8. The van der Waals surface area contributed by atoms with Gasteiger partial charge in [0.1, 0.15) is 11.6 Å². The van der Waals surface area contributed by atoms with Crippen molar-refractivity contribution >= 4 is 33.7 Å². The number of para-hydroxylation sites is 3. The van der Waals surface area contributed by atoms with Crippen LogP contribution in [0.15, 0.2) is 89.9 Å². The number of phenols is 1. The zero-order valence-electron chi connectivity index (χ0n) is 15.9. The zero-order valence-corrected chi connectivity index (χ0v) is 15.9. The molecule has 4 heteroatoms. The largest absolute Gasteiger partial charge is 0.507 e. The Kier molecular flexibility index (Phi) is 4.10. The van der Waals surface area contributed by atoms with Gasteiger partial charge < -0.3 is 9.67 Å². The van der Waals surface area contributed by atoms with Crippen LogP contribution in [0, 0.1) is 0 Å². The number of benzene rings is 4. The maximum atomic E-state index is 10.4. The number of aromatic nitrogens is 2. The molecule has 0 spiro atoms. The number of nitrogens with zero attached hydrogens (tertiary/aromatic N) is 3. The number of aromatic hydroxyl groups is 1. The molecule has 4 aromatic carbocycles. The fourth-order valence-electron chi connectivity index (χ4n) is 3.72. The van der Waals surface area contributed by atoms with Gasteiger partial charge in [0.15, 0.2) is 0 Å². The van der Waals surface area contributed by atoms with Crippen LogP contribution in [0.4, 0.5) is 5.69 Å². The number of phenolic OH excluding ortho intramolecular Hbond substituents is 1. The summed E-state index contributed by atoms with van der Waals surface area (Å²) < 4.78 is 2.08. The lowest BCUT2D eigenvalue weighted by atomic mass is 10.0. The van der Waals surface area contributed by atoms with Crippen molar-refractivity contribution in [3.63, 3.8) is 0 Å². The molecular weight excluding hydrogens is 358 g/mol. The first-order valence-corrected chi connectivity index (χ1v) is 9.48. The van der Waals surface area contributed by atoms with Crippen molar-refractivity contribution in [3.05, 3.63) is 90.5 Å². The Morgan fingerprint density at radius 1 is 0.862 bits per heavy atom. The topological polar surface area (TPSA) is 50.4 Å². The van der Waals surface area contributed by atoms with Crippen LogP contribution in [0.1, 0.15) is 5.56 Å². The second-order valence-corrected chi connectivity index (χ2v) is 6.98. The van der Waals surface area contributed by atoms with E-state index in [4.69, 9.17) is 9.98 Å². The highest BCUT2D eigenvalue weighted by atomic mass is 16.3. The van der Waals surface area contributed by atoms with Gasteiger partial charge in [-0.2, -0.15) is 0 Å². The molecular formula is C25H19N3O. The second-order valence-electron chi connectivity index (χ2n) is 6.98. The summed E-state index contributed by atoms with van der Waals surface area (Å²) in [6.07, 6.45) is 1.74. The highest BCUT2D eigenvalue weighted by Crippen LogP contribution is 2.32. The van der Waals surface area contributed by atoms with Gasteiger partial charge in [-0.15, -0.1) is 0 Å². The lowest BCUT2D eigenvalue weighted by Crippen LogP contribution is -1.93.